The zero-order chi connectivity index (χ0) is 13.7. The molecular formula is C17H24O2. The maximum absolute atomic E-state index is 12.0. The van der Waals surface area contributed by atoms with Crippen LogP contribution in [-0.4, -0.2) is 18.5 Å². The van der Waals surface area contributed by atoms with Crippen LogP contribution in [-0.2, 0) is 16.0 Å². The van der Waals surface area contributed by atoms with E-state index in [1.54, 1.807) is 0 Å². The summed E-state index contributed by atoms with van der Waals surface area (Å²) < 4.78 is 5.66. The van der Waals surface area contributed by atoms with Crippen LogP contribution in [0.25, 0.3) is 0 Å². The van der Waals surface area contributed by atoms with Gasteiger partial charge in [-0.1, -0.05) is 18.2 Å². The molecule has 1 aliphatic heterocycles. The summed E-state index contributed by atoms with van der Waals surface area (Å²) in [5, 5.41) is 0. The Morgan fingerprint density at radius 2 is 2.11 bits per heavy atom. The molecule has 0 bridgehead atoms. The molecule has 1 unspecified atom stereocenters. The highest BCUT2D eigenvalue weighted by atomic mass is 16.5. The van der Waals surface area contributed by atoms with Gasteiger partial charge in [-0.05, 0) is 56.2 Å². The van der Waals surface area contributed by atoms with Gasteiger partial charge in [-0.15, -0.1) is 0 Å². The van der Waals surface area contributed by atoms with Crippen molar-refractivity contribution in [2.45, 2.75) is 58.5 Å². The Bertz CT molecular complexity index is 431. The second-order valence-corrected chi connectivity index (χ2v) is 5.66. The first-order valence-corrected chi connectivity index (χ1v) is 7.34. The van der Waals surface area contributed by atoms with Crippen molar-refractivity contribution in [1.29, 1.82) is 0 Å². The molecule has 0 saturated carbocycles. The zero-order valence-electron chi connectivity index (χ0n) is 12.1. The number of carbonyl (C=O) groups excluding carboxylic acids is 1. The predicted molar refractivity (Wildman–Crippen MR) is 77.5 cm³/mol. The molecule has 1 aromatic carbocycles. The number of benzene rings is 1. The summed E-state index contributed by atoms with van der Waals surface area (Å²) >= 11 is 0. The Labute approximate surface area is 116 Å². The molecule has 2 nitrogen and oxygen atoms in total. The number of hydrogen-bond acceptors (Lipinski definition) is 2. The molecule has 0 amide bonds. The Morgan fingerprint density at radius 1 is 1.26 bits per heavy atom. The number of ketones is 1. The Hall–Kier alpha value is -1.15. The van der Waals surface area contributed by atoms with Gasteiger partial charge in [-0.2, -0.15) is 0 Å². The van der Waals surface area contributed by atoms with Crippen molar-refractivity contribution in [2.24, 2.45) is 0 Å². The molecule has 0 spiro atoms. The molecule has 1 fully saturated rings. The fourth-order valence-corrected chi connectivity index (χ4v) is 2.59. The number of aryl methyl sites for hydroxylation is 2. The van der Waals surface area contributed by atoms with Crippen LogP contribution in [0.3, 0.4) is 0 Å². The van der Waals surface area contributed by atoms with Crippen LogP contribution < -0.4 is 0 Å². The van der Waals surface area contributed by atoms with Gasteiger partial charge in [0.25, 0.3) is 0 Å². The van der Waals surface area contributed by atoms with Gasteiger partial charge < -0.3 is 4.74 Å². The fourth-order valence-electron chi connectivity index (χ4n) is 2.59. The van der Waals surface area contributed by atoms with Gasteiger partial charge in [0.05, 0.1) is 6.10 Å². The second-order valence-electron chi connectivity index (χ2n) is 5.66. The van der Waals surface area contributed by atoms with E-state index >= 15 is 0 Å². The molecule has 0 aromatic heterocycles. The summed E-state index contributed by atoms with van der Waals surface area (Å²) in [5.41, 5.74) is 3.69. The molecule has 2 heteroatoms. The number of ether oxygens (including phenoxy) is 1. The average Bonchev–Trinajstić information content (AvgIpc) is 2.42. The molecular weight excluding hydrogens is 236 g/mol. The van der Waals surface area contributed by atoms with Crippen molar-refractivity contribution in [3.63, 3.8) is 0 Å². The van der Waals surface area contributed by atoms with Gasteiger partial charge in [0.2, 0.25) is 0 Å². The first-order valence-electron chi connectivity index (χ1n) is 7.34. The summed E-state index contributed by atoms with van der Waals surface area (Å²) in [6, 6.07) is 6.30. The van der Waals surface area contributed by atoms with Crippen molar-refractivity contribution in [1.82, 2.24) is 0 Å². The largest absolute Gasteiger partial charge is 0.378 e. The molecule has 104 valence electrons. The highest BCUT2D eigenvalue weighted by Crippen LogP contribution is 2.18. The van der Waals surface area contributed by atoms with Crippen molar-refractivity contribution < 1.29 is 9.53 Å². The third kappa shape index (κ3) is 4.46. The normalized spacial score (nSPS) is 19.4. The molecule has 0 radical (unpaired) electrons. The third-order valence-corrected chi connectivity index (χ3v) is 3.99. The highest BCUT2D eigenvalue weighted by Gasteiger charge is 2.15. The molecule has 1 heterocycles. The van der Waals surface area contributed by atoms with E-state index < -0.39 is 0 Å². The van der Waals surface area contributed by atoms with E-state index in [1.165, 1.54) is 24.0 Å². The molecule has 0 aliphatic carbocycles. The van der Waals surface area contributed by atoms with Gasteiger partial charge in [-0.3, -0.25) is 4.79 Å². The van der Waals surface area contributed by atoms with Crippen LogP contribution >= 0.6 is 0 Å². The van der Waals surface area contributed by atoms with Gasteiger partial charge in [0.1, 0.15) is 5.78 Å². The number of hydrogen-bond donors (Lipinski definition) is 0. The van der Waals surface area contributed by atoms with Gasteiger partial charge >= 0.3 is 0 Å². The summed E-state index contributed by atoms with van der Waals surface area (Å²) in [5.74, 6) is 0.331. The summed E-state index contributed by atoms with van der Waals surface area (Å²) in [4.78, 5) is 12.0. The zero-order valence-corrected chi connectivity index (χ0v) is 12.1. The molecule has 0 N–H and O–H groups in total. The molecule has 1 aliphatic rings. The maximum atomic E-state index is 12.0. The van der Waals surface area contributed by atoms with E-state index in [0.717, 1.165) is 25.0 Å². The van der Waals surface area contributed by atoms with Crippen molar-refractivity contribution in [3.8, 4) is 0 Å². The summed E-state index contributed by atoms with van der Waals surface area (Å²) in [6.07, 6.45) is 5.97. The number of rotatable bonds is 5. The van der Waals surface area contributed by atoms with Crippen LogP contribution in [0.4, 0.5) is 0 Å². The topological polar surface area (TPSA) is 26.3 Å². The van der Waals surface area contributed by atoms with Crippen LogP contribution in [0, 0.1) is 13.8 Å². The van der Waals surface area contributed by atoms with Crippen LogP contribution in [0.1, 0.15) is 48.8 Å². The molecule has 1 atom stereocenters. The lowest BCUT2D eigenvalue weighted by atomic mass is 9.98. The van der Waals surface area contributed by atoms with Crippen LogP contribution in [0.2, 0.25) is 0 Å². The first-order chi connectivity index (χ1) is 9.15. The van der Waals surface area contributed by atoms with Crippen molar-refractivity contribution >= 4 is 5.78 Å². The number of Topliss-reactive ketones (excluding diaryl/α,β-unsaturated/α-hetero) is 1. The minimum absolute atomic E-state index is 0.317. The van der Waals surface area contributed by atoms with E-state index in [9.17, 15) is 4.79 Å². The molecule has 1 saturated heterocycles. The van der Waals surface area contributed by atoms with Gasteiger partial charge in [0, 0.05) is 19.4 Å². The van der Waals surface area contributed by atoms with Crippen LogP contribution in [0.15, 0.2) is 18.2 Å². The monoisotopic (exact) mass is 260 g/mol. The second kappa shape index (κ2) is 6.85. The average molecular weight is 260 g/mol. The smallest absolute Gasteiger partial charge is 0.137 e. The van der Waals surface area contributed by atoms with E-state index in [2.05, 4.69) is 32.0 Å². The van der Waals surface area contributed by atoms with E-state index in [1.807, 2.05) is 0 Å². The predicted octanol–water partition coefficient (Wildman–Crippen LogP) is 3.76. The van der Waals surface area contributed by atoms with Gasteiger partial charge in [-0.25, -0.2) is 0 Å². The summed E-state index contributed by atoms with van der Waals surface area (Å²) in [7, 11) is 0. The Morgan fingerprint density at radius 3 is 2.79 bits per heavy atom. The minimum atomic E-state index is 0.317. The first kappa shape index (κ1) is 14.3. The van der Waals surface area contributed by atoms with E-state index in [-0.39, 0.29) is 0 Å². The quantitative estimate of drug-likeness (QED) is 0.805. The van der Waals surface area contributed by atoms with E-state index in [4.69, 9.17) is 4.74 Å². The molecule has 1 aromatic rings. The Kier molecular flexibility index (Phi) is 5.15. The molecule has 19 heavy (non-hydrogen) atoms. The Balaban J connectivity index is 1.78. The minimum Gasteiger partial charge on any atom is -0.378 e. The third-order valence-electron chi connectivity index (χ3n) is 3.99. The lowest BCUT2D eigenvalue weighted by Gasteiger charge is -2.22. The lowest BCUT2D eigenvalue weighted by Crippen LogP contribution is -2.20. The van der Waals surface area contributed by atoms with E-state index in [0.29, 0.717) is 24.7 Å². The lowest BCUT2D eigenvalue weighted by molar-refractivity contribution is -0.119. The van der Waals surface area contributed by atoms with Gasteiger partial charge in [0.15, 0.2) is 0 Å². The maximum Gasteiger partial charge on any atom is 0.137 e. The number of carbonyl (C=O) groups is 1. The standard InChI is InChI=1S/C17H24O2/c1-13-6-7-15(11-14(13)2)12-16(18)8-9-17-5-3-4-10-19-17/h6-7,11,17H,3-5,8-10,12H2,1-2H3. The van der Waals surface area contributed by atoms with Crippen LogP contribution in [0.5, 0.6) is 0 Å². The highest BCUT2D eigenvalue weighted by molar-refractivity contribution is 5.80. The van der Waals surface area contributed by atoms with Crippen molar-refractivity contribution in [2.75, 3.05) is 6.61 Å². The SMILES string of the molecule is Cc1ccc(CC(=O)CCC2CCCCO2)cc1C. The summed E-state index contributed by atoms with van der Waals surface area (Å²) in [6.45, 7) is 5.07. The van der Waals surface area contributed by atoms with Crippen molar-refractivity contribution in [3.05, 3.63) is 34.9 Å². The fraction of sp³-hybridized carbons (Fsp3) is 0.588. The molecule has 2 rings (SSSR count).